The van der Waals surface area contributed by atoms with Crippen LogP contribution in [0.2, 0.25) is 39.3 Å². The Kier molecular flexibility index (Phi) is 12.2. The van der Waals surface area contributed by atoms with E-state index in [1.807, 2.05) is 13.1 Å². The second kappa shape index (κ2) is 12.0. The first kappa shape index (κ1) is 30.4. The molecule has 0 atom stereocenters. The van der Waals surface area contributed by atoms with Crippen LogP contribution >= 0.6 is 0 Å². The van der Waals surface area contributed by atoms with Crippen molar-refractivity contribution in [1.29, 1.82) is 0 Å². The van der Waals surface area contributed by atoms with Crippen LogP contribution in [-0.2, 0) is 39.5 Å². The van der Waals surface area contributed by atoms with Gasteiger partial charge < -0.3 is 39.5 Å². The molecule has 0 aliphatic carbocycles. The Balaban J connectivity index is 5.30. The summed E-state index contributed by atoms with van der Waals surface area (Å²) >= 11 is 0. The van der Waals surface area contributed by atoms with Crippen LogP contribution in [-0.4, -0.2) is 87.8 Å². The second-order valence-corrected chi connectivity index (χ2v) is 60.8. The Labute approximate surface area is 190 Å². The first-order valence-corrected chi connectivity index (χ1v) is 37.5. The second-order valence-electron chi connectivity index (χ2n) is 7.91. The highest BCUT2D eigenvalue weighted by Crippen LogP contribution is 2.15. The van der Waals surface area contributed by atoms with Crippen molar-refractivity contribution < 1.29 is 39.5 Å². The van der Waals surface area contributed by atoms with Gasteiger partial charge >= 0.3 is 54.0 Å². The molecule has 0 saturated heterocycles. The zero-order valence-corrected chi connectivity index (χ0v) is 29.4. The summed E-state index contributed by atoms with van der Waals surface area (Å²) in [5, 5.41) is 0. The van der Waals surface area contributed by atoms with Crippen LogP contribution in [0.4, 0.5) is 0 Å². The summed E-state index contributed by atoms with van der Waals surface area (Å²) in [6.07, 6.45) is 0. The van der Waals surface area contributed by atoms with Gasteiger partial charge in [-0.25, -0.2) is 0 Å². The van der Waals surface area contributed by atoms with Gasteiger partial charge in [-0.3, -0.25) is 0 Å². The van der Waals surface area contributed by atoms with Crippen molar-refractivity contribution in [3.8, 4) is 0 Å². The van der Waals surface area contributed by atoms with Gasteiger partial charge in [-0.1, -0.05) is 11.4 Å². The van der Waals surface area contributed by atoms with Crippen molar-refractivity contribution in [3.63, 3.8) is 0 Å². The maximum absolute atomic E-state index is 12.8. The molecule has 0 aromatic rings. The Hall–Kier alpha value is 0.386. The van der Waals surface area contributed by atoms with Crippen LogP contribution < -0.4 is 0 Å². The number of rotatable bonds is 14. The molecule has 0 heterocycles. The molecule has 0 unspecified atom stereocenters. The van der Waals surface area contributed by atoms with E-state index in [1.165, 1.54) is 0 Å². The topological polar surface area (TPSA) is 138 Å². The highest BCUT2D eigenvalue weighted by atomic mass is 30.0. The van der Waals surface area contributed by atoms with E-state index >= 15 is 0 Å². The number of hydrogen-bond donors (Lipinski definition) is 0. The third kappa shape index (κ3) is 9.09. The molecule has 0 aliphatic heterocycles. The maximum atomic E-state index is 12.8. The van der Waals surface area contributed by atoms with Crippen molar-refractivity contribution in [3.05, 3.63) is 24.6 Å². The smallest absolute Gasteiger partial charge is 0.381 e. The van der Waals surface area contributed by atoms with E-state index in [-0.39, 0.29) is 0 Å². The molecule has 0 saturated carbocycles. The van der Waals surface area contributed by atoms with Crippen molar-refractivity contribution in [1.82, 2.24) is 0 Å². The molecule has 0 radical (unpaired) electrons. The predicted octanol–water partition coefficient (Wildman–Crippen LogP) is -0.831. The Morgan fingerprint density at radius 1 is 0.667 bits per heavy atom. The molecule has 0 N–H and O–H groups in total. The van der Waals surface area contributed by atoms with Gasteiger partial charge in [0.15, 0.2) is 16.6 Å². The lowest BCUT2D eigenvalue weighted by Crippen LogP contribution is -2.59. The van der Waals surface area contributed by atoms with Gasteiger partial charge in [0.25, 0.3) is 0 Å². The maximum Gasteiger partial charge on any atom is 0.381 e. The summed E-state index contributed by atoms with van der Waals surface area (Å²) in [5.74, 6) is 0. The first-order chi connectivity index (χ1) is 13.4. The summed E-state index contributed by atoms with van der Waals surface area (Å²) < 4.78 is 98.8. The monoisotopic (exact) mass is 598 g/mol. The molecule has 0 aromatic carbocycles. The molecular weight excluding hydrogens is 573 g/mol. The lowest BCUT2D eigenvalue weighted by Gasteiger charge is -2.29. The van der Waals surface area contributed by atoms with Crippen molar-refractivity contribution in [2.45, 2.75) is 39.3 Å². The van der Waals surface area contributed by atoms with E-state index in [2.05, 4.69) is 13.2 Å². The van der Waals surface area contributed by atoms with Crippen LogP contribution in [0.1, 0.15) is 0 Å². The Morgan fingerprint density at radius 3 is 1.50 bits per heavy atom. The molecular formula is C10H26O9Si11. The molecule has 0 aliphatic rings. The molecule has 0 spiro atoms. The van der Waals surface area contributed by atoms with Gasteiger partial charge in [-0.15, -0.1) is 13.2 Å². The first-order valence-electron chi connectivity index (χ1n) is 8.83. The molecule has 20 heteroatoms. The van der Waals surface area contributed by atoms with E-state index in [1.54, 1.807) is 37.6 Å². The van der Waals surface area contributed by atoms with Gasteiger partial charge in [0.1, 0.15) is 0 Å². The zero-order chi connectivity index (χ0) is 24.1. The molecule has 164 valence electrons. The quantitative estimate of drug-likeness (QED) is 0.234. The highest BCUT2D eigenvalue weighted by molar-refractivity contribution is 7.75. The summed E-state index contributed by atoms with van der Waals surface area (Å²) in [6, 6.07) is 0. The van der Waals surface area contributed by atoms with Crippen LogP contribution in [0.15, 0.2) is 24.6 Å². The summed E-state index contributed by atoms with van der Waals surface area (Å²) in [6.45, 7) is 17.7. The van der Waals surface area contributed by atoms with Crippen molar-refractivity contribution in [2.24, 2.45) is 0 Å². The average Bonchev–Trinajstić information content (AvgIpc) is 2.67. The van der Waals surface area contributed by atoms with Gasteiger partial charge in [0.05, 0.1) is 0 Å². The van der Waals surface area contributed by atoms with E-state index in [0.717, 1.165) is 0 Å². The van der Waals surface area contributed by atoms with Gasteiger partial charge in [0.2, 0.25) is 17.1 Å². The van der Waals surface area contributed by atoms with Crippen molar-refractivity contribution in [2.75, 3.05) is 0 Å². The van der Waals surface area contributed by atoms with Gasteiger partial charge in [-0.05, 0) is 39.3 Å². The highest BCUT2D eigenvalue weighted by Gasteiger charge is 2.52. The van der Waals surface area contributed by atoms with Crippen LogP contribution in [0.3, 0.4) is 0 Å². The Morgan fingerprint density at radius 2 is 1.07 bits per heavy atom. The van der Waals surface area contributed by atoms with E-state index in [0.29, 0.717) is 0 Å². The molecule has 0 amide bonds. The summed E-state index contributed by atoms with van der Waals surface area (Å²) in [4.78, 5) is 0. The third-order valence-corrected chi connectivity index (χ3v) is 78.5. The van der Waals surface area contributed by atoms with E-state index in [9.17, 15) is 31.2 Å². The fourth-order valence-corrected chi connectivity index (χ4v) is 105. The fourth-order valence-electron chi connectivity index (χ4n) is 1.93. The lowest BCUT2D eigenvalue weighted by molar-refractivity contribution is 0.532. The molecule has 0 aromatic heterocycles. The van der Waals surface area contributed by atoms with Crippen LogP contribution in [0, 0.1) is 0 Å². The van der Waals surface area contributed by atoms with Crippen LogP contribution in [0.25, 0.3) is 0 Å². The van der Waals surface area contributed by atoms with Gasteiger partial charge in [0, 0.05) is 0 Å². The minimum absolute atomic E-state index is 1.58. The minimum atomic E-state index is -3.52. The summed E-state index contributed by atoms with van der Waals surface area (Å²) in [5.41, 5.74) is 3.25. The Bertz CT molecular complexity index is 846. The third-order valence-electron chi connectivity index (χ3n) is 3.91. The molecule has 9 nitrogen and oxygen atoms in total. The van der Waals surface area contributed by atoms with E-state index < -0.39 is 87.8 Å². The predicted molar refractivity (Wildman–Crippen MR) is 129 cm³/mol. The summed E-state index contributed by atoms with van der Waals surface area (Å²) in [7, 11) is -32.2. The van der Waals surface area contributed by atoms with Crippen molar-refractivity contribution >= 4 is 87.8 Å². The SMILES string of the molecule is C=C[Si](C)(C)O[SiH2][Si](=O)[Si](=O)[Si](=O)[Si](=O)[Si](=O)[Si](=O)[Si](=O)[Si](C)(C)O[Si](C)(C)C=C. The van der Waals surface area contributed by atoms with E-state index in [4.69, 9.17) is 8.23 Å². The van der Waals surface area contributed by atoms with Crippen LogP contribution in [0.5, 0.6) is 0 Å². The average molecular weight is 599 g/mol. The largest absolute Gasteiger partial charge is 0.454 e. The minimum Gasteiger partial charge on any atom is -0.454 e. The van der Waals surface area contributed by atoms with Gasteiger partial charge in [-0.2, -0.15) is 0 Å². The molecule has 0 bridgehead atoms. The lowest BCUT2D eigenvalue weighted by atomic mass is 11.3. The zero-order valence-electron chi connectivity index (χ0n) is 18.0. The molecule has 30 heavy (non-hydrogen) atoms. The standard InChI is InChI=1S/C10H26O9Si11/c1-9-28(3,4)18-20-21(11)22(12)23(13)24(14)25(15)26(16)27(17)30(7,8)19-29(5,6)10-2/h9-10H,1-2,20H2,3-8H3. The normalized spacial score (nSPS) is 12.3. The molecule has 0 fully saturated rings. The fraction of sp³-hybridized carbons (Fsp3) is 0.600. The number of hydrogen-bond acceptors (Lipinski definition) is 9. The molecule has 0 rings (SSSR count).